The summed E-state index contributed by atoms with van der Waals surface area (Å²) >= 11 is 0. The third-order valence-corrected chi connectivity index (χ3v) is 5.90. The predicted octanol–water partition coefficient (Wildman–Crippen LogP) is 3.11. The number of amides is 1. The Bertz CT molecular complexity index is 1500. The lowest BCUT2D eigenvalue weighted by molar-refractivity contribution is 0.0996. The SMILES string of the molecule is NC(=O)c1nn2c(-c3cn[nH]c3)cc(N3Cc4ccccc4C3)nc2c1-c1cccc(O)c1. The zero-order valence-electron chi connectivity index (χ0n) is 17.4. The number of hydrogen-bond acceptors (Lipinski definition) is 6. The molecule has 0 aliphatic carbocycles. The number of nitrogens with zero attached hydrogens (tertiary/aromatic N) is 5. The third kappa shape index (κ3) is 3.09. The van der Waals surface area contributed by atoms with Crippen LogP contribution in [0.2, 0.25) is 0 Å². The number of hydrogen-bond donors (Lipinski definition) is 3. The summed E-state index contributed by atoms with van der Waals surface area (Å²) in [6.45, 7) is 1.45. The van der Waals surface area contributed by atoms with Crippen molar-refractivity contribution in [2.24, 2.45) is 5.73 Å². The normalized spacial score (nSPS) is 12.9. The molecule has 4 N–H and O–H groups in total. The van der Waals surface area contributed by atoms with Crippen LogP contribution in [0.3, 0.4) is 0 Å². The molecule has 9 heteroatoms. The van der Waals surface area contributed by atoms with Gasteiger partial charge in [0.15, 0.2) is 11.3 Å². The second-order valence-electron chi connectivity index (χ2n) is 7.98. The minimum absolute atomic E-state index is 0.0727. The minimum atomic E-state index is -0.674. The molecule has 0 bridgehead atoms. The minimum Gasteiger partial charge on any atom is -0.508 e. The van der Waals surface area contributed by atoms with Crippen LogP contribution >= 0.6 is 0 Å². The van der Waals surface area contributed by atoms with E-state index in [-0.39, 0.29) is 11.4 Å². The van der Waals surface area contributed by atoms with Crippen LogP contribution in [0.5, 0.6) is 5.75 Å². The number of carbonyl (C=O) groups excluding carboxylic acids is 1. The van der Waals surface area contributed by atoms with E-state index in [1.165, 1.54) is 11.1 Å². The lowest BCUT2D eigenvalue weighted by Crippen LogP contribution is -2.17. The zero-order valence-corrected chi connectivity index (χ0v) is 17.4. The lowest BCUT2D eigenvalue weighted by Gasteiger charge is -2.18. The first-order chi connectivity index (χ1) is 16.1. The fourth-order valence-electron chi connectivity index (χ4n) is 4.36. The molecule has 0 fully saturated rings. The summed E-state index contributed by atoms with van der Waals surface area (Å²) in [5, 5.41) is 21.5. The third-order valence-electron chi connectivity index (χ3n) is 5.90. The summed E-state index contributed by atoms with van der Waals surface area (Å²) in [5.41, 5.74) is 11.4. The second kappa shape index (κ2) is 7.20. The average Bonchev–Trinajstić information content (AvgIpc) is 3.56. The molecule has 0 saturated carbocycles. The smallest absolute Gasteiger partial charge is 0.269 e. The van der Waals surface area contributed by atoms with Gasteiger partial charge in [0.2, 0.25) is 0 Å². The molecule has 162 valence electrons. The Morgan fingerprint density at radius 3 is 2.48 bits per heavy atom. The average molecular weight is 437 g/mol. The Morgan fingerprint density at radius 1 is 1.03 bits per heavy atom. The number of fused-ring (bicyclic) bond motifs is 2. The van der Waals surface area contributed by atoms with Crippen LogP contribution < -0.4 is 10.6 Å². The summed E-state index contributed by atoms with van der Waals surface area (Å²) in [4.78, 5) is 19.5. The van der Waals surface area contributed by atoms with Crippen LogP contribution in [0.15, 0.2) is 67.0 Å². The van der Waals surface area contributed by atoms with E-state index in [4.69, 9.17) is 10.7 Å². The molecule has 3 aromatic heterocycles. The van der Waals surface area contributed by atoms with Gasteiger partial charge in [-0.3, -0.25) is 9.89 Å². The summed E-state index contributed by atoms with van der Waals surface area (Å²) in [7, 11) is 0. The van der Waals surface area contributed by atoms with E-state index in [1.807, 2.05) is 18.2 Å². The molecule has 0 radical (unpaired) electrons. The van der Waals surface area contributed by atoms with Gasteiger partial charge in [-0.05, 0) is 28.8 Å². The maximum Gasteiger partial charge on any atom is 0.269 e. The number of benzene rings is 2. The van der Waals surface area contributed by atoms with Gasteiger partial charge >= 0.3 is 0 Å². The van der Waals surface area contributed by atoms with Crippen molar-refractivity contribution in [3.05, 3.63) is 83.8 Å². The van der Waals surface area contributed by atoms with Crippen LogP contribution in [0.4, 0.5) is 5.82 Å². The lowest BCUT2D eigenvalue weighted by atomic mass is 10.0. The molecule has 9 nitrogen and oxygen atoms in total. The molecule has 0 spiro atoms. The van der Waals surface area contributed by atoms with Crippen molar-refractivity contribution < 1.29 is 9.90 Å². The van der Waals surface area contributed by atoms with Crippen LogP contribution in [-0.2, 0) is 13.1 Å². The van der Waals surface area contributed by atoms with Crippen LogP contribution in [0, 0.1) is 0 Å². The molecular weight excluding hydrogens is 418 g/mol. The quantitative estimate of drug-likeness (QED) is 0.397. The van der Waals surface area contributed by atoms with Crippen LogP contribution in [-0.4, -0.2) is 35.8 Å². The van der Waals surface area contributed by atoms with Crippen molar-refractivity contribution in [1.82, 2.24) is 24.8 Å². The van der Waals surface area contributed by atoms with E-state index in [9.17, 15) is 9.90 Å². The van der Waals surface area contributed by atoms with Gasteiger partial charge in [0.1, 0.15) is 11.6 Å². The van der Waals surface area contributed by atoms with Crippen LogP contribution in [0.1, 0.15) is 21.6 Å². The molecule has 5 aromatic rings. The van der Waals surface area contributed by atoms with Gasteiger partial charge in [-0.2, -0.15) is 10.2 Å². The molecule has 1 aliphatic heterocycles. The molecule has 0 atom stereocenters. The van der Waals surface area contributed by atoms with Crippen LogP contribution in [0.25, 0.3) is 28.0 Å². The zero-order chi connectivity index (χ0) is 22.5. The highest BCUT2D eigenvalue weighted by molar-refractivity contribution is 6.02. The molecular formula is C24H19N7O2. The summed E-state index contributed by atoms with van der Waals surface area (Å²) in [5.74, 6) is 0.141. The van der Waals surface area contributed by atoms with Gasteiger partial charge in [0.25, 0.3) is 5.91 Å². The van der Waals surface area contributed by atoms with Crippen molar-refractivity contribution in [3.8, 4) is 28.1 Å². The maximum absolute atomic E-state index is 12.4. The van der Waals surface area contributed by atoms with E-state index < -0.39 is 5.91 Å². The van der Waals surface area contributed by atoms with E-state index in [0.29, 0.717) is 22.5 Å². The fourth-order valence-corrected chi connectivity index (χ4v) is 4.36. The van der Waals surface area contributed by atoms with Crippen molar-refractivity contribution in [2.45, 2.75) is 13.1 Å². The summed E-state index contributed by atoms with van der Waals surface area (Å²) in [6, 6.07) is 16.9. The largest absolute Gasteiger partial charge is 0.508 e. The highest BCUT2D eigenvalue weighted by Gasteiger charge is 2.26. The number of primary amides is 1. The molecule has 0 unspecified atom stereocenters. The van der Waals surface area contributed by atoms with Gasteiger partial charge in [-0.25, -0.2) is 9.50 Å². The molecule has 6 rings (SSSR count). The maximum atomic E-state index is 12.4. The standard InChI is InChI=1S/C24H19N7O2/c25-23(33)22-21(14-6-3-7-18(32)8-14)24-28-20(30-12-15-4-1-2-5-16(15)13-30)9-19(31(24)29-22)17-10-26-27-11-17/h1-11,32H,12-13H2,(H2,25,33)(H,26,27). The number of nitrogens with two attached hydrogens (primary N) is 1. The molecule has 2 aromatic carbocycles. The molecule has 0 saturated heterocycles. The van der Waals surface area contributed by atoms with Gasteiger partial charge < -0.3 is 15.7 Å². The van der Waals surface area contributed by atoms with E-state index in [2.05, 4.69) is 32.3 Å². The highest BCUT2D eigenvalue weighted by Crippen LogP contribution is 2.35. The number of anilines is 1. The number of H-pyrrole nitrogens is 1. The number of aromatic nitrogens is 5. The topological polar surface area (TPSA) is 125 Å². The number of phenols is 1. The van der Waals surface area contributed by atoms with E-state index in [0.717, 1.165) is 24.5 Å². The molecule has 1 amide bonds. The Morgan fingerprint density at radius 2 is 1.82 bits per heavy atom. The number of aromatic amines is 1. The van der Waals surface area contributed by atoms with Crippen molar-refractivity contribution in [3.63, 3.8) is 0 Å². The van der Waals surface area contributed by atoms with Gasteiger partial charge in [-0.15, -0.1) is 0 Å². The first-order valence-corrected chi connectivity index (χ1v) is 10.4. The van der Waals surface area contributed by atoms with E-state index >= 15 is 0 Å². The fraction of sp³-hybridized carbons (Fsp3) is 0.0833. The Kier molecular flexibility index (Phi) is 4.16. The van der Waals surface area contributed by atoms with Gasteiger partial charge in [0, 0.05) is 30.9 Å². The van der Waals surface area contributed by atoms with Crippen molar-refractivity contribution >= 4 is 17.4 Å². The predicted molar refractivity (Wildman–Crippen MR) is 123 cm³/mol. The summed E-state index contributed by atoms with van der Waals surface area (Å²) < 4.78 is 1.61. The van der Waals surface area contributed by atoms with Crippen molar-refractivity contribution in [1.29, 1.82) is 0 Å². The van der Waals surface area contributed by atoms with E-state index in [1.54, 1.807) is 41.2 Å². The Balaban J connectivity index is 1.62. The Hall–Kier alpha value is -4.66. The number of aromatic hydroxyl groups is 1. The van der Waals surface area contributed by atoms with Gasteiger partial charge in [0.05, 0.1) is 17.5 Å². The van der Waals surface area contributed by atoms with Crippen molar-refractivity contribution in [2.75, 3.05) is 4.90 Å². The summed E-state index contributed by atoms with van der Waals surface area (Å²) in [6.07, 6.45) is 3.45. The Labute approximate surface area is 188 Å². The molecule has 4 heterocycles. The number of nitrogens with one attached hydrogen (secondary N) is 1. The molecule has 1 aliphatic rings. The monoisotopic (exact) mass is 437 g/mol. The first-order valence-electron chi connectivity index (χ1n) is 10.4. The highest BCUT2D eigenvalue weighted by atomic mass is 16.3. The first kappa shape index (κ1) is 19.1. The number of rotatable bonds is 4. The van der Waals surface area contributed by atoms with Gasteiger partial charge in [-0.1, -0.05) is 36.4 Å². The number of carbonyl (C=O) groups is 1. The number of phenolic OH excluding ortho intramolecular Hbond substituents is 1. The second-order valence-corrected chi connectivity index (χ2v) is 7.98. The molecule has 33 heavy (non-hydrogen) atoms.